The number of carbonyl (C=O) groups excluding carboxylic acids is 1. The number of nitrogens with zero attached hydrogens (tertiary/aromatic N) is 2. The van der Waals surface area contributed by atoms with Crippen LogP contribution in [0.4, 0.5) is 11.5 Å². The van der Waals surface area contributed by atoms with E-state index < -0.39 is 0 Å². The highest BCUT2D eigenvalue weighted by molar-refractivity contribution is 5.91. The second-order valence-electron chi connectivity index (χ2n) is 7.73. The van der Waals surface area contributed by atoms with E-state index in [2.05, 4.69) is 51.6 Å². The summed E-state index contributed by atoms with van der Waals surface area (Å²) in [5.74, 6) is 1.31. The third-order valence-corrected chi connectivity index (χ3v) is 5.57. The molecule has 1 aliphatic heterocycles. The van der Waals surface area contributed by atoms with Crippen molar-refractivity contribution >= 4 is 17.4 Å². The summed E-state index contributed by atoms with van der Waals surface area (Å²) in [5, 5.41) is 2.89. The van der Waals surface area contributed by atoms with E-state index in [9.17, 15) is 4.79 Å². The van der Waals surface area contributed by atoms with Crippen molar-refractivity contribution in [3.8, 4) is 0 Å². The monoisotopic (exact) mass is 385 g/mol. The first-order valence-corrected chi connectivity index (χ1v) is 10.3. The van der Waals surface area contributed by atoms with Crippen LogP contribution >= 0.6 is 0 Å². The number of aromatic nitrogens is 1. The van der Waals surface area contributed by atoms with Crippen molar-refractivity contribution in [3.05, 3.63) is 90.1 Å². The molecule has 4 rings (SSSR count). The maximum absolute atomic E-state index is 12.2. The van der Waals surface area contributed by atoms with Gasteiger partial charge in [0.15, 0.2) is 0 Å². The minimum Gasteiger partial charge on any atom is -0.370 e. The van der Waals surface area contributed by atoms with Crippen LogP contribution in [0.15, 0.2) is 79.0 Å². The van der Waals surface area contributed by atoms with E-state index in [1.54, 1.807) is 0 Å². The van der Waals surface area contributed by atoms with Crippen molar-refractivity contribution in [2.45, 2.75) is 25.7 Å². The smallest absolute Gasteiger partial charge is 0.229 e. The first-order valence-electron chi connectivity index (χ1n) is 10.3. The van der Waals surface area contributed by atoms with Crippen LogP contribution < -0.4 is 10.2 Å². The maximum atomic E-state index is 12.2. The molecule has 1 N–H and O–H groups in total. The Hall–Kier alpha value is -3.14. The molecule has 148 valence electrons. The Labute approximate surface area is 172 Å². The summed E-state index contributed by atoms with van der Waals surface area (Å²) in [5.41, 5.74) is 3.56. The molecule has 1 aromatic heterocycles. The predicted octanol–water partition coefficient (Wildman–Crippen LogP) is 4.72. The van der Waals surface area contributed by atoms with Crippen molar-refractivity contribution in [2.24, 2.45) is 5.92 Å². The molecule has 0 bridgehead atoms. The SMILES string of the molecule is O=C(Cc1ccccc1)Nc1ccc(N2CCC(Cc3ccccc3)CC2)cn1. The van der Waals surface area contributed by atoms with Crippen LogP contribution in [-0.2, 0) is 17.6 Å². The van der Waals surface area contributed by atoms with Crippen LogP contribution in [0.2, 0.25) is 0 Å². The molecule has 1 amide bonds. The van der Waals surface area contributed by atoms with Gasteiger partial charge in [-0.3, -0.25) is 4.79 Å². The van der Waals surface area contributed by atoms with Crippen LogP contribution in [0.25, 0.3) is 0 Å². The summed E-state index contributed by atoms with van der Waals surface area (Å²) in [6.07, 6.45) is 5.79. The number of hydrogen-bond donors (Lipinski definition) is 1. The molecule has 0 saturated carbocycles. The largest absolute Gasteiger partial charge is 0.370 e. The van der Waals surface area contributed by atoms with E-state index in [4.69, 9.17) is 0 Å². The summed E-state index contributed by atoms with van der Waals surface area (Å²) in [4.78, 5) is 19.0. The van der Waals surface area contributed by atoms with E-state index in [1.807, 2.05) is 42.6 Å². The first kappa shape index (κ1) is 19.2. The second-order valence-corrected chi connectivity index (χ2v) is 7.73. The highest BCUT2D eigenvalue weighted by Gasteiger charge is 2.20. The number of amides is 1. The molecular formula is C25H27N3O. The molecule has 2 aromatic carbocycles. The van der Waals surface area contributed by atoms with Gasteiger partial charge in [0.25, 0.3) is 0 Å². The third kappa shape index (κ3) is 5.44. The van der Waals surface area contributed by atoms with Crippen LogP contribution in [0.1, 0.15) is 24.0 Å². The lowest BCUT2D eigenvalue weighted by molar-refractivity contribution is -0.115. The zero-order valence-corrected chi connectivity index (χ0v) is 16.6. The fraction of sp³-hybridized carbons (Fsp3) is 0.280. The number of nitrogens with one attached hydrogen (secondary N) is 1. The van der Waals surface area contributed by atoms with Crippen molar-refractivity contribution in [3.63, 3.8) is 0 Å². The van der Waals surface area contributed by atoms with E-state index in [0.717, 1.165) is 30.3 Å². The number of carbonyl (C=O) groups is 1. The Balaban J connectivity index is 1.27. The van der Waals surface area contributed by atoms with Crippen molar-refractivity contribution in [1.82, 2.24) is 4.98 Å². The summed E-state index contributed by atoms with van der Waals surface area (Å²) < 4.78 is 0. The Morgan fingerprint density at radius 1 is 0.897 bits per heavy atom. The minimum absolute atomic E-state index is 0.0434. The van der Waals surface area contributed by atoms with Gasteiger partial charge < -0.3 is 10.2 Å². The molecule has 29 heavy (non-hydrogen) atoms. The number of hydrogen-bond acceptors (Lipinski definition) is 3. The molecule has 0 radical (unpaired) electrons. The zero-order valence-electron chi connectivity index (χ0n) is 16.6. The average molecular weight is 386 g/mol. The van der Waals surface area contributed by atoms with Gasteiger partial charge in [-0.2, -0.15) is 0 Å². The molecular weight excluding hydrogens is 358 g/mol. The molecule has 2 heterocycles. The Bertz CT molecular complexity index is 902. The Morgan fingerprint density at radius 2 is 1.55 bits per heavy atom. The first-order chi connectivity index (χ1) is 14.3. The van der Waals surface area contributed by atoms with Gasteiger partial charge in [0.05, 0.1) is 18.3 Å². The number of anilines is 2. The number of rotatable bonds is 6. The summed E-state index contributed by atoms with van der Waals surface area (Å²) >= 11 is 0. The molecule has 1 fully saturated rings. The fourth-order valence-electron chi connectivity index (χ4n) is 3.96. The second kappa shape index (κ2) is 9.37. The lowest BCUT2D eigenvalue weighted by atomic mass is 9.90. The highest BCUT2D eigenvalue weighted by Crippen LogP contribution is 2.26. The molecule has 4 nitrogen and oxygen atoms in total. The molecule has 0 spiro atoms. The molecule has 0 aliphatic carbocycles. The summed E-state index contributed by atoms with van der Waals surface area (Å²) in [6.45, 7) is 2.11. The van der Waals surface area contributed by atoms with Gasteiger partial charge in [-0.25, -0.2) is 4.98 Å². The molecule has 1 saturated heterocycles. The number of benzene rings is 2. The zero-order chi connectivity index (χ0) is 19.9. The predicted molar refractivity (Wildman–Crippen MR) is 118 cm³/mol. The fourth-order valence-corrected chi connectivity index (χ4v) is 3.96. The van der Waals surface area contributed by atoms with Gasteiger partial charge in [-0.15, -0.1) is 0 Å². The Morgan fingerprint density at radius 3 is 2.17 bits per heavy atom. The quantitative estimate of drug-likeness (QED) is 0.668. The van der Waals surface area contributed by atoms with Gasteiger partial charge in [0.2, 0.25) is 5.91 Å². The molecule has 3 aromatic rings. The lowest BCUT2D eigenvalue weighted by Gasteiger charge is -2.33. The van der Waals surface area contributed by atoms with Crippen LogP contribution in [0.5, 0.6) is 0 Å². The standard InChI is InChI=1S/C25H27N3O/c29-25(18-21-9-5-2-6-10-21)27-24-12-11-23(19-26-24)28-15-13-22(14-16-28)17-20-7-3-1-4-8-20/h1-12,19,22H,13-18H2,(H,26,27,29). The lowest BCUT2D eigenvalue weighted by Crippen LogP contribution is -2.34. The Kier molecular flexibility index (Phi) is 6.20. The van der Waals surface area contributed by atoms with Crippen molar-refractivity contribution < 1.29 is 4.79 Å². The maximum Gasteiger partial charge on any atom is 0.229 e. The van der Waals surface area contributed by atoms with E-state index in [1.165, 1.54) is 24.8 Å². The molecule has 1 aliphatic rings. The molecule has 4 heteroatoms. The van der Waals surface area contributed by atoms with Gasteiger partial charge >= 0.3 is 0 Å². The highest BCUT2D eigenvalue weighted by atomic mass is 16.1. The molecule has 0 unspecified atom stereocenters. The topological polar surface area (TPSA) is 45.2 Å². The summed E-state index contributed by atoms with van der Waals surface area (Å²) in [7, 11) is 0. The minimum atomic E-state index is -0.0434. The van der Waals surface area contributed by atoms with Crippen molar-refractivity contribution in [1.29, 1.82) is 0 Å². The average Bonchev–Trinajstić information content (AvgIpc) is 2.76. The van der Waals surface area contributed by atoms with E-state index in [0.29, 0.717) is 12.2 Å². The van der Waals surface area contributed by atoms with Crippen LogP contribution in [0, 0.1) is 5.92 Å². The van der Waals surface area contributed by atoms with E-state index >= 15 is 0 Å². The number of piperidine rings is 1. The number of pyridine rings is 1. The normalized spacial score (nSPS) is 14.6. The van der Waals surface area contributed by atoms with Gasteiger partial charge in [-0.1, -0.05) is 60.7 Å². The summed E-state index contributed by atoms with van der Waals surface area (Å²) in [6, 6.07) is 24.5. The van der Waals surface area contributed by atoms with Crippen molar-refractivity contribution in [2.75, 3.05) is 23.3 Å². The van der Waals surface area contributed by atoms with Crippen LogP contribution in [-0.4, -0.2) is 24.0 Å². The van der Waals surface area contributed by atoms with Gasteiger partial charge in [0.1, 0.15) is 5.82 Å². The van der Waals surface area contributed by atoms with E-state index in [-0.39, 0.29) is 5.91 Å². The third-order valence-electron chi connectivity index (χ3n) is 5.57. The van der Waals surface area contributed by atoms with Gasteiger partial charge in [-0.05, 0) is 48.4 Å². The van der Waals surface area contributed by atoms with Crippen LogP contribution in [0.3, 0.4) is 0 Å². The van der Waals surface area contributed by atoms with Gasteiger partial charge in [0, 0.05) is 13.1 Å². The molecule has 0 atom stereocenters.